The number of carbonyl (C=O) groups excluding carboxylic acids is 2. The fraction of sp³-hybridized carbons (Fsp3) is 0.529. The summed E-state index contributed by atoms with van der Waals surface area (Å²) >= 11 is 0. The van der Waals surface area contributed by atoms with Gasteiger partial charge in [0.1, 0.15) is 5.82 Å². The summed E-state index contributed by atoms with van der Waals surface area (Å²) in [6.07, 6.45) is 2.05. The number of hydrogen-bond acceptors (Lipinski definition) is 4. The Morgan fingerprint density at radius 2 is 2.33 bits per heavy atom. The molecule has 7 heteroatoms. The molecule has 0 aromatic heterocycles. The van der Waals surface area contributed by atoms with Crippen LogP contribution in [-0.2, 0) is 16.1 Å². The largest absolute Gasteiger partial charge is 0.377 e. The van der Waals surface area contributed by atoms with Crippen LogP contribution in [0.2, 0.25) is 0 Å². The highest BCUT2D eigenvalue weighted by atomic mass is 19.1. The van der Waals surface area contributed by atoms with E-state index in [9.17, 15) is 14.0 Å². The van der Waals surface area contributed by atoms with Crippen LogP contribution in [0.25, 0.3) is 0 Å². The van der Waals surface area contributed by atoms with Crippen LogP contribution < -0.4 is 5.32 Å². The van der Waals surface area contributed by atoms with Gasteiger partial charge < -0.3 is 10.1 Å². The minimum atomic E-state index is -0.345. The summed E-state index contributed by atoms with van der Waals surface area (Å²) in [5.74, 6) is -0.533. The zero-order chi connectivity index (χ0) is 16.9. The van der Waals surface area contributed by atoms with Crippen molar-refractivity contribution in [2.45, 2.75) is 25.5 Å². The van der Waals surface area contributed by atoms with Gasteiger partial charge in [-0.1, -0.05) is 12.1 Å². The van der Waals surface area contributed by atoms with E-state index in [-0.39, 0.29) is 30.4 Å². The quantitative estimate of drug-likeness (QED) is 0.853. The van der Waals surface area contributed by atoms with Crippen molar-refractivity contribution in [2.75, 3.05) is 32.8 Å². The second kappa shape index (κ2) is 7.72. The molecule has 1 aromatic carbocycles. The van der Waals surface area contributed by atoms with E-state index in [2.05, 4.69) is 5.32 Å². The molecule has 3 rings (SSSR count). The highest BCUT2D eigenvalue weighted by Crippen LogP contribution is 2.16. The van der Waals surface area contributed by atoms with Gasteiger partial charge >= 0.3 is 6.03 Å². The van der Waals surface area contributed by atoms with Crippen LogP contribution in [0.3, 0.4) is 0 Å². The molecule has 1 N–H and O–H groups in total. The Morgan fingerprint density at radius 3 is 3.00 bits per heavy atom. The first kappa shape index (κ1) is 16.9. The van der Waals surface area contributed by atoms with Crippen molar-refractivity contribution in [3.8, 4) is 0 Å². The number of carbonyl (C=O) groups is 2. The zero-order valence-electron chi connectivity index (χ0n) is 13.5. The summed E-state index contributed by atoms with van der Waals surface area (Å²) in [6, 6.07) is 6.01. The molecule has 0 saturated carbocycles. The molecule has 2 aliphatic heterocycles. The number of hydrogen-bond donors (Lipinski definition) is 1. The van der Waals surface area contributed by atoms with Crippen LogP contribution in [0, 0.1) is 5.82 Å². The minimum absolute atomic E-state index is 0.0822. The van der Waals surface area contributed by atoms with Crippen LogP contribution >= 0.6 is 0 Å². The first-order valence-corrected chi connectivity index (χ1v) is 8.28. The van der Waals surface area contributed by atoms with Crippen molar-refractivity contribution < 1.29 is 18.7 Å². The summed E-state index contributed by atoms with van der Waals surface area (Å²) in [6.45, 7) is 2.77. The third-order valence-electron chi connectivity index (χ3n) is 4.30. The topological polar surface area (TPSA) is 61.9 Å². The van der Waals surface area contributed by atoms with E-state index < -0.39 is 0 Å². The van der Waals surface area contributed by atoms with Gasteiger partial charge in [0.25, 0.3) is 0 Å². The van der Waals surface area contributed by atoms with Gasteiger partial charge in [-0.25, -0.2) is 9.18 Å². The molecule has 0 radical (unpaired) electrons. The van der Waals surface area contributed by atoms with Gasteiger partial charge in [-0.05, 0) is 30.5 Å². The minimum Gasteiger partial charge on any atom is -0.377 e. The van der Waals surface area contributed by atoms with Crippen molar-refractivity contribution in [1.82, 2.24) is 15.1 Å². The normalized spacial score (nSPS) is 20.7. The van der Waals surface area contributed by atoms with E-state index in [0.717, 1.165) is 25.0 Å². The maximum atomic E-state index is 13.4. The van der Waals surface area contributed by atoms with E-state index in [4.69, 9.17) is 4.74 Å². The Hall–Kier alpha value is -1.99. The molecule has 0 unspecified atom stereocenters. The molecule has 2 heterocycles. The zero-order valence-corrected chi connectivity index (χ0v) is 13.5. The van der Waals surface area contributed by atoms with Crippen LogP contribution in [0.4, 0.5) is 9.18 Å². The van der Waals surface area contributed by atoms with E-state index in [1.807, 2.05) is 11.0 Å². The van der Waals surface area contributed by atoms with Gasteiger partial charge in [-0.2, -0.15) is 0 Å². The maximum absolute atomic E-state index is 13.4. The van der Waals surface area contributed by atoms with Crippen LogP contribution in [0.1, 0.15) is 18.4 Å². The van der Waals surface area contributed by atoms with Crippen molar-refractivity contribution in [1.29, 1.82) is 0 Å². The number of imide groups is 1. The lowest BCUT2D eigenvalue weighted by molar-refractivity contribution is -0.129. The lowest BCUT2D eigenvalue weighted by atomic mass is 10.1. The smallest absolute Gasteiger partial charge is 0.324 e. The molecule has 24 heavy (non-hydrogen) atoms. The number of amides is 3. The SMILES string of the molecule is O=C(CN(Cc1cccc(F)c1)C[C@H]1CCCO1)N1CCNC1=O. The number of rotatable bonds is 6. The first-order chi connectivity index (χ1) is 11.6. The van der Waals surface area contributed by atoms with Gasteiger partial charge in [0, 0.05) is 32.8 Å². The summed E-state index contributed by atoms with van der Waals surface area (Å²) in [5, 5.41) is 2.63. The Kier molecular flexibility index (Phi) is 5.42. The summed E-state index contributed by atoms with van der Waals surface area (Å²) < 4.78 is 19.1. The predicted molar refractivity (Wildman–Crippen MR) is 85.8 cm³/mol. The molecule has 0 spiro atoms. The Bertz CT molecular complexity index is 604. The van der Waals surface area contributed by atoms with Gasteiger partial charge in [-0.15, -0.1) is 0 Å². The number of ether oxygens (including phenoxy) is 1. The van der Waals surface area contributed by atoms with E-state index in [1.165, 1.54) is 17.0 Å². The van der Waals surface area contributed by atoms with E-state index >= 15 is 0 Å². The molecule has 2 aliphatic rings. The van der Waals surface area contributed by atoms with E-state index in [0.29, 0.717) is 26.2 Å². The molecular weight excluding hydrogens is 313 g/mol. The monoisotopic (exact) mass is 335 g/mol. The first-order valence-electron chi connectivity index (χ1n) is 8.28. The summed E-state index contributed by atoms with van der Waals surface area (Å²) in [4.78, 5) is 27.2. The molecule has 130 valence electrons. The molecule has 1 atom stereocenters. The molecule has 0 aliphatic carbocycles. The molecule has 3 amide bonds. The molecule has 0 bridgehead atoms. The third kappa shape index (κ3) is 4.30. The maximum Gasteiger partial charge on any atom is 0.324 e. The van der Waals surface area contributed by atoms with E-state index in [1.54, 1.807) is 6.07 Å². The highest BCUT2D eigenvalue weighted by Gasteiger charge is 2.28. The summed E-state index contributed by atoms with van der Waals surface area (Å²) in [7, 11) is 0. The van der Waals surface area contributed by atoms with Crippen molar-refractivity contribution >= 4 is 11.9 Å². The van der Waals surface area contributed by atoms with Crippen molar-refractivity contribution in [3.05, 3.63) is 35.6 Å². The van der Waals surface area contributed by atoms with Crippen LogP contribution in [0.5, 0.6) is 0 Å². The summed E-state index contributed by atoms with van der Waals surface area (Å²) in [5.41, 5.74) is 0.798. The number of nitrogens with one attached hydrogen (secondary N) is 1. The molecule has 2 fully saturated rings. The Morgan fingerprint density at radius 1 is 1.46 bits per heavy atom. The number of nitrogens with zero attached hydrogens (tertiary/aromatic N) is 2. The van der Waals surface area contributed by atoms with Gasteiger partial charge in [0.2, 0.25) is 5.91 Å². The predicted octanol–water partition coefficient (Wildman–Crippen LogP) is 1.36. The molecule has 2 saturated heterocycles. The number of urea groups is 1. The van der Waals surface area contributed by atoms with Gasteiger partial charge in [0.05, 0.1) is 12.6 Å². The standard InChI is InChI=1S/C17H22FN3O3/c18-14-4-1-3-13(9-14)10-20(11-15-5-2-8-24-15)12-16(22)21-7-6-19-17(21)23/h1,3-4,9,15H,2,5-8,10-12H2,(H,19,23)/t15-/m1/s1. The third-order valence-corrected chi connectivity index (χ3v) is 4.30. The molecular formula is C17H22FN3O3. The van der Waals surface area contributed by atoms with Crippen LogP contribution in [-0.4, -0.2) is 60.6 Å². The van der Waals surface area contributed by atoms with Crippen molar-refractivity contribution in [3.63, 3.8) is 0 Å². The Labute approximate surface area is 140 Å². The van der Waals surface area contributed by atoms with Crippen LogP contribution in [0.15, 0.2) is 24.3 Å². The number of halogens is 1. The van der Waals surface area contributed by atoms with Gasteiger partial charge in [0.15, 0.2) is 0 Å². The fourth-order valence-corrected chi connectivity index (χ4v) is 3.14. The average molecular weight is 335 g/mol. The highest BCUT2D eigenvalue weighted by molar-refractivity contribution is 5.96. The Balaban J connectivity index is 1.66. The van der Waals surface area contributed by atoms with Gasteiger partial charge in [-0.3, -0.25) is 14.6 Å². The fourth-order valence-electron chi connectivity index (χ4n) is 3.14. The molecule has 6 nitrogen and oxygen atoms in total. The lowest BCUT2D eigenvalue weighted by Gasteiger charge is -2.26. The molecule has 1 aromatic rings. The number of benzene rings is 1. The second-order valence-electron chi connectivity index (χ2n) is 6.21. The van der Waals surface area contributed by atoms with Crippen molar-refractivity contribution in [2.24, 2.45) is 0 Å². The lowest BCUT2D eigenvalue weighted by Crippen LogP contribution is -2.43. The second-order valence-corrected chi connectivity index (χ2v) is 6.21. The average Bonchev–Trinajstić information content (AvgIpc) is 3.18.